The van der Waals surface area contributed by atoms with Gasteiger partial charge in [-0.05, 0) is 24.1 Å². The zero-order chi connectivity index (χ0) is 17.9. The smallest absolute Gasteiger partial charge is 0.315 e. The van der Waals surface area contributed by atoms with Crippen LogP contribution in [-0.2, 0) is 11.3 Å². The lowest BCUT2D eigenvalue weighted by molar-refractivity contribution is -0.120. The molecule has 25 heavy (non-hydrogen) atoms. The fourth-order valence-corrected chi connectivity index (χ4v) is 2.13. The number of benzene rings is 2. The molecule has 0 saturated heterocycles. The van der Waals surface area contributed by atoms with E-state index < -0.39 is 6.03 Å². The van der Waals surface area contributed by atoms with E-state index in [4.69, 9.17) is 4.74 Å². The molecule has 0 radical (unpaired) electrons. The number of carbonyl (C=O) groups excluding carboxylic acids is 2. The number of hydrogen-bond donors (Lipinski definition) is 3. The van der Waals surface area contributed by atoms with Gasteiger partial charge in [-0.1, -0.05) is 48.5 Å². The minimum Gasteiger partial charge on any atom is -0.491 e. The van der Waals surface area contributed by atoms with Crippen LogP contribution >= 0.6 is 0 Å². The van der Waals surface area contributed by atoms with Crippen molar-refractivity contribution in [3.63, 3.8) is 0 Å². The standard InChI is InChI=1S/C19H23N3O3/c1-15-7-5-6-10-17(15)25-12-11-20-19(24)22-14-18(23)21-13-16-8-3-2-4-9-16/h2-10H,11-14H2,1H3,(H,21,23)(H2,20,22,24). The number of carbonyl (C=O) groups is 2. The van der Waals surface area contributed by atoms with E-state index >= 15 is 0 Å². The second-order valence-corrected chi connectivity index (χ2v) is 5.49. The maximum absolute atomic E-state index is 11.7. The molecule has 2 aromatic rings. The molecule has 0 unspecified atom stereocenters. The zero-order valence-electron chi connectivity index (χ0n) is 14.2. The maximum atomic E-state index is 11.7. The average Bonchev–Trinajstić information content (AvgIpc) is 2.64. The van der Waals surface area contributed by atoms with Crippen LogP contribution in [0.1, 0.15) is 11.1 Å². The van der Waals surface area contributed by atoms with Gasteiger partial charge >= 0.3 is 6.03 Å². The molecule has 0 aliphatic carbocycles. The van der Waals surface area contributed by atoms with Crippen molar-refractivity contribution in [2.75, 3.05) is 19.7 Å². The summed E-state index contributed by atoms with van der Waals surface area (Å²) in [7, 11) is 0. The fourth-order valence-electron chi connectivity index (χ4n) is 2.13. The van der Waals surface area contributed by atoms with Crippen molar-refractivity contribution in [1.29, 1.82) is 0 Å². The number of amides is 3. The Morgan fingerprint density at radius 3 is 2.40 bits per heavy atom. The van der Waals surface area contributed by atoms with Crippen LogP contribution in [-0.4, -0.2) is 31.6 Å². The molecular formula is C19H23N3O3. The van der Waals surface area contributed by atoms with Crippen molar-refractivity contribution in [3.8, 4) is 5.75 Å². The Labute approximate surface area is 147 Å². The molecule has 2 aromatic carbocycles. The first-order valence-electron chi connectivity index (χ1n) is 8.16. The number of rotatable bonds is 8. The number of urea groups is 1. The molecule has 2 rings (SSSR count). The summed E-state index contributed by atoms with van der Waals surface area (Å²) in [5.74, 6) is 0.556. The van der Waals surface area contributed by atoms with Crippen LogP contribution in [0.25, 0.3) is 0 Å². The van der Waals surface area contributed by atoms with E-state index in [2.05, 4.69) is 16.0 Å². The molecule has 0 aliphatic heterocycles. The highest BCUT2D eigenvalue weighted by Gasteiger charge is 2.05. The van der Waals surface area contributed by atoms with E-state index in [-0.39, 0.29) is 12.5 Å². The van der Waals surface area contributed by atoms with Gasteiger partial charge in [-0.15, -0.1) is 0 Å². The molecule has 0 atom stereocenters. The molecule has 0 heterocycles. The minimum atomic E-state index is -0.400. The first-order chi connectivity index (χ1) is 12.1. The Hall–Kier alpha value is -3.02. The summed E-state index contributed by atoms with van der Waals surface area (Å²) in [5.41, 5.74) is 2.05. The van der Waals surface area contributed by atoms with Gasteiger partial charge < -0.3 is 20.7 Å². The molecule has 0 spiro atoms. The summed E-state index contributed by atoms with van der Waals surface area (Å²) >= 11 is 0. The number of para-hydroxylation sites is 1. The normalized spacial score (nSPS) is 9.96. The molecule has 3 N–H and O–H groups in total. The molecule has 0 bridgehead atoms. The summed E-state index contributed by atoms with van der Waals surface area (Å²) in [4.78, 5) is 23.3. The number of ether oxygens (including phenoxy) is 1. The van der Waals surface area contributed by atoms with Crippen molar-refractivity contribution in [2.45, 2.75) is 13.5 Å². The van der Waals surface area contributed by atoms with Crippen molar-refractivity contribution in [3.05, 3.63) is 65.7 Å². The minimum absolute atomic E-state index is 0.0721. The zero-order valence-corrected chi connectivity index (χ0v) is 14.2. The van der Waals surface area contributed by atoms with Crippen LogP contribution in [0, 0.1) is 6.92 Å². The molecule has 3 amide bonds. The lowest BCUT2D eigenvalue weighted by Gasteiger charge is -2.10. The maximum Gasteiger partial charge on any atom is 0.315 e. The molecule has 6 heteroatoms. The highest BCUT2D eigenvalue weighted by Crippen LogP contribution is 2.15. The predicted octanol–water partition coefficient (Wildman–Crippen LogP) is 1.99. The number of nitrogens with one attached hydrogen (secondary N) is 3. The Kier molecular flexibility index (Phi) is 7.31. The SMILES string of the molecule is Cc1ccccc1OCCNC(=O)NCC(=O)NCc1ccccc1. The third-order valence-electron chi connectivity index (χ3n) is 3.48. The highest BCUT2D eigenvalue weighted by atomic mass is 16.5. The first kappa shape index (κ1) is 18.3. The van der Waals surface area contributed by atoms with Crippen molar-refractivity contribution in [2.24, 2.45) is 0 Å². The van der Waals surface area contributed by atoms with Crippen molar-refractivity contribution >= 4 is 11.9 Å². The number of hydrogen-bond acceptors (Lipinski definition) is 3. The first-order valence-corrected chi connectivity index (χ1v) is 8.16. The van der Waals surface area contributed by atoms with E-state index in [1.165, 1.54) is 0 Å². The quantitative estimate of drug-likeness (QED) is 0.643. The third-order valence-corrected chi connectivity index (χ3v) is 3.48. The topological polar surface area (TPSA) is 79.5 Å². The van der Waals surface area contributed by atoms with Gasteiger partial charge in [0, 0.05) is 6.54 Å². The molecule has 6 nitrogen and oxygen atoms in total. The molecule has 132 valence electrons. The van der Waals surface area contributed by atoms with E-state index in [0.29, 0.717) is 19.7 Å². The summed E-state index contributed by atoms with van der Waals surface area (Å²) in [6.45, 7) is 3.04. The highest BCUT2D eigenvalue weighted by molar-refractivity contribution is 5.83. The van der Waals surface area contributed by atoms with Crippen LogP contribution in [0.3, 0.4) is 0 Å². The Morgan fingerprint density at radius 2 is 1.64 bits per heavy atom. The van der Waals surface area contributed by atoms with Crippen LogP contribution in [0.2, 0.25) is 0 Å². The molecule has 0 aliphatic rings. The summed E-state index contributed by atoms with van der Waals surface area (Å²) in [6, 6.07) is 16.9. The summed E-state index contributed by atoms with van der Waals surface area (Å²) in [5, 5.41) is 7.90. The lowest BCUT2D eigenvalue weighted by Crippen LogP contribution is -2.43. The second-order valence-electron chi connectivity index (χ2n) is 5.49. The largest absolute Gasteiger partial charge is 0.491 e. The van der Waals surface area contributed by atoms with Gasteiger partial charge in [0.1, 0.15) is 12.4 Å². The van der Waals surface area contributed by atoms with E-state index in [9.17, 15) is 9.59 Å². The van der Waals surface area contributed by atoms with Crippen LogP contribution in [0.4, 0.5) is 4.79 Å². The lowest BCUT2D eigenvalue weighted by atomic mass is 10.2. The van der Waals surface area contributed by atoms with E-state index in [1.807, 2.05) is 61.5 Å². The van der Waals surface area contributed by atoms with Gasteiger partial charge in [0.15, 0.2) is 0 Å². The van der Waals surface area contributed by atoms with Gasteiger partial charge in [0.05, 0.1) is 13.1 Å². The Balaban J connectivity index is 1.56. The Morgan fingerprint density at radius 1 is 0.920 bits per heavy atom. The monoisotopic (exact) mass is 341 g/mol. The van der Waals surface area contributed by atoms with Crippen LogP contribution in [0.5, 0.6) is 5.75 Å². The summed E-state index contributed by atoms with van der Waals surface area (Å²) < 4.78 is 5.58. The van der Waals surface area contributed by atoms with Crippen LogP contribution < -0.4 is 20.7 Å². The van der Waals surface area contributed by atoms with Crippen LogP contribution in [0.15, 0.2) is 54.6 Å². The second kappa shape index (κ2) is 9.97. The summed E-state index contributed by atoms with van der Waals surface area (Å²) in [6.07, 6.45) is 0. The van der Waals surface area contributed by atoms with E-state index in [1.54, 1.807) is 0 Å². The van der Waals surface area contributed by atoms with Crippen molar-refractivity contribution < 1.29 is 14.3 Å². The average molecular weight is 341 g/mol. The van der Waals surface area contributed by atoms with Gasteiger partial charge in [0.25, 0.3) is 0 Å². The predicted molar refractivity (Wildman–Crippen MR) is 96.4 cm³/mol. The van der Waals surface area contributed by atoms with Gasteiger partial charge in [-0.2, -0.15) is 0 Å². The van der Waals surface area contributed by atoms with Gasteiger partial charge in [-0.25, -0.2) is 4.79 Å². The van der Waals surface area contributed by atoms with Gasteiger partial charge in [0.2, 0.25) is 5.91 Å². The third kappa shape index (κ3) is 6.95. The molecule has 0 saturated carbocycles. The molecule has 0 aromatic heterocycles. The fraction of sp³-hybridized carbons (Fsp3) is 0.263. The Bertz CT molecular complexity index is 689. The van der Waals surface area contributed by atoms with Crippen molar-refractivity contribution in [1.82, 2.24) is 16.0 Å². The molecule has 0 fully saturated rings. The molecular weight excluding hydrogens is 318 g/mol. The van der Waals surface area contributed by atoms with Gasteiger partial charge in [-0.3, -0.25) is 4.79 Å². The van der Waals surface area contributed by atoms with E-state index in [0.717, 1.165) is 16.9 Å². The number of aryl methyl sites for hydroxylation is 1.